The maximum absolute atomic E-state index is 12.4. The fraction of sp³-hybridized carbons (Fsp3) is 0.278. The van der Waals surface area contributed by atoms with Crippen LogP contribution in [0.3, 0.4) is 0 Å². The molecule has 9 heteroatoms. The Morgan fingerprint density at radius 1 is 1.15 bits per heavy atom. The van der Waals surface area contributed by atoms with E-state index in [1.54, 1.807) is 56.5 Å². The second-order valence-electron chi connectivity index (χ2n) is 5.57. The molecule has 0 heterocycles. The van der Waals surface area contributed by atoms with E-state index in [-0.39, 0.29) is 42.2 Å². The number of methoxy groups -OCH3 is 1. The minimum absolute atomic E-state index is 0. The van der Waals surface area contributed by atoms with Gasteiger partial charge in [-0.05, 0) is 42.8 Å². The van der Waals surface area contributed by atoms with E-state index in [2.05, 4.69) is 10.3 Å². The molecule has 27 heavy (non-hydrogen) atoms. The van der Waals surface area contributed by atoms with E-state index in [4.69, 9.17) is 15.2 Å². The monoisotopic (exact) mass is 495 g/mol. The summed E-state index contributed by atoms with van der Waals surface area (Å²) in [5.41, 5.74) is 7.85. The van der Waals surface area contributed by atoms with Crippen LogP contribution in [-0.4, -0.2) is 25.9 Å². The topological polar surface area (TPSA) is 68.9 Å². The Kier molecular flexibility index (Phi) is 8.67. The van der Waals surface area contributed by atoms with Crippen molar-refractivity contribution in [1.29, 1.82) is 0 Å². The van der Waals surface area contributed by atoms with Gasteiger partial charge in [-0.15, -0.1) is 24.0 Å². The molecule has 0 aromatic heterocycles. The second kappa shape index (κ2) is 10.2. The van der Waals surface area contributed by atoms with E-state index in [1.807, 2.05) is 0 Å². The molecule has 0 unspecified atom stereocenters. The summed E-state index contributed by atoms with van der Waals surface area (Å²) >= 11 is 0. The van der Waals surface area contributed by atoms with Crippen molar-refractivity contribution in [3.05, 3.63) is 53.6 Å². The highest BCUT2D eigenvalue weighted by Gasteiger charge is 2.28. The molecule has 2 aromatic rings. The van der Waals surface area contributed by atoms with Crippen molar-refractivity contribution in [3.8, 4) is 11.5 Å². The Bertz CT molecular complexity index is 765. The van der Waals surface area contributed by atoms with Gasteiger partial charge in [-0.1, -0.05) is 12.1 Å². The Balaban J connectivity index is 0.00000364. The number of hydrogen-bond acceptors (Lipinski definition) is 3. The molecule has 2 rings (SSSR count). The molecule has 0 radical (unpaired) electrons. The first-order valence-corrected chi connectivity index (χ1v) is 7.77. The van der Waals surface area contributed by atoms with Gasteiger partial charge in [0, 0.05) is 11.3 Å². The average molecular weight is 495 g/mol. The molecule has 0 atom stereocenters. The first-order valence-electron chi connectivity index (χ1n) is 7.77. The first-order chi connectivity index (χ1) is 12.3. The normalized spacial score (nSPS) is 11.5. The minimum Gasteiger partial charge on any atom is -0.497 e. The molecular formula is C18H21F3IN3O2. The number of ether oxygens (including phenoxy) is 2. The number of guanidine groups is 1. The van der Waals surface area contributed by atoms with Crippen LogP contribution in [0.4, 0.5) is 18.9 Å². The van der Waals surface area contributed by atoms with Gasteiger partial charge in [-0.25, -0.2) is 4.99 Å². The van der Waals surface area contributed by atoms with Crippen LogP contribution in [0.25, 0.3) is 0 Å². The summed E-state index contributed by atoms with van der Waals surface area (Å²) in [6, 6.07) is 12.1. The summed E-state index contributed by atoms with van der Waals surface area (Å²) in [6.07, 6.45) is -4.40. The molecule has 5 nitrogen and oxygen atoms in total. The van der Waals surface area contributed by atoms with Crippen LogP contribution in [0.2, 0.25) is 0 Å². The predicted octanol–water partition coefficient (Wildman–Crippen LogP) is 4.49. The van der Waals surface area contributed by atoms with Gasteiger partial charge in [0.2, 0.25) is 0 Å². The smallest absolute Gasteiger partial charge is 0.422 e. The van der Waals surface area contributed by atoms with Crippen molar-refractivity contribution in [1.82, 2.24) is 0 Å². The van der Waals surface area contributed by atoms with Crippen molar-refractivity contribution >= 4 is 35.6 Å². The lowest BCUT2D eigenvalue weighted by atomic mass is 10.1. The lowest BCUT2D eigenvalue weighted by molar-refractivity contribution is -0.153. The van der Waals surface area contributed by atoms with Gasteiger partial charge >= 0.3 is 6.18 Å². The third kappa shape index (κ3) is 7.94. The van der Waals surface area contributed by atoms with Crippen LogP contribution < -0.4 is 20.5 Å². The van der Waals surface area contributed by atoms with Gasteiger partial charge in [0.15, 0.2) is 12.6 Å². The third-order valence-corrected chi connectivity index (χ3v) is 3.40. The highest BCUT2D eigenvalue weighted by atomic mass is 127. The van der Waals surface area contributed by atoms with Gasteiger partial charge in [0.05, 0.1) is 13.7 Å². The predicted molar refractivity (Wildman–Crippen MR) is 110 cm³/mol. The molecule has 0 fully saturated rings. The quantitative estimate of drug-likeness (QED) is 0.352. The summed E-state index contributed by atoms with van der Waals surface area (Å²) in [5.74, 6) is 0.984. The number of anilines is 1. The number of nitrogens with zero attached hydrogens (tertiary/aromatic N) is 1. The highest BCUT2D eigenvalue weighted by molar-refractivity contribution is 14.0. The van der Waals surface area contributed by atoms with E-state index in [0.29, 0.717) is 17.0 Å². The van der Waals surface area contributed by atoms with Gasteiger partial charge in [0.25, 0.3) is 0 Å². The number of alkyl halides is 3. The molecule has 0 saturated heterocycles. The van der Waals surface area contributed by atoms with E-state index in [9.17, 15) is 13.2 Å². The number of benzene rings is 2. The van der Waals surface area contributed by atoms with Crippen molar-refractivity contribution in [2.24, 2.45) is 10.7 Å². The number of aryl methyl sites for hydroxylation is 1. The van der Waals surface area contributed by atoms with Crippen LogP contribution in [0.1, 0.15) is 11.1 Å². The lowest BCUT2D eigenvalue weighted by Gasteiger charge is -2.13. The molecule has 148 valence electrons. The zero-order valence-corrected chi connectivity index (χ0v) is 17.2. The molecular weight excluding hydrogens is 474 g/mol. The van der Waals surface area contributed by atoms with E-state index in [0.717, 1.165) is 5.56 Å². The summed E-state index contributed by atoms with van der Waals surface area (Å²) in [4.78, 5) is 4.16. The van der Waals surface area contributed by atoms with Gasteiger partial charge in [-0.2, -0.15) is 13.2 Å². The van der Waals surface area contributed by atoms with E-state index in [1.165, 1.54) is 0 Å². The summed E-state index contributed by atoms with van der Waals surface area (Å²) in [7, 11) is 1.57. The molecule has 0 saturated carbocycles. The Labute approximate surface area is 172 Å². The van der Waals surface area contributed by atoms with Crippen LogP contribution >= 0.6 is 24.0 Å². The maximum Gasteiger partial charge on any atom is 0.422 e. The fourth-order valence-electron chi connectivity index (χ4n) is 2.12. The van der Waals surface area contributed by atoms with E-state index < -0.39 is 12.8 Å². The number of rotatable bonds is 6. The summed E-state index contributed by atoms with van der Waals surface area (Å²) < 4.78 is 47.1. The van der Waals surface area contributed by atoms with Crippen LogP contribution in [-0.2, 0) is 6.54 Å². The Morgan fingerprint density at radius 3 is 2.41 bits per heavy atom. The van der Waals surface area contributed by atoms with Gasteiger partial charge < -0.3 is 20.5 Å². The number of nitrogens with two attached hydrogens (primary N) is 1. The summed E-state index contributed by atoms with van der Waals surface area (Å²) in [5, 5.41) is 2.90. The number of halogens is 4. The molecule has 0 amide bonds. The molecule has 3 N–H and O–H groups in total. The highest BCUT2D eigenvalue weighted by Crippen LogP contribution is 2.24. The van der Waals surface area contributed by atoms with Crippen molar-refractivity contribution in [2.45, 2.75) is 19.6 Å². The number of hydrogen-bond donors (Lipinski definition) is 2. The van der Waals surface area contributed by atoms with Gasteiger partial charge in [-0.3, -0.25) is 0 Å². The van der Waals surface area contributed by atoms with Crippen LogP contribution in [0.5, 0.6) is 11.5 Å². The molecule has 0 aliphatic heterocycles. The third-order valence-electron chi connectivity index (χ3n) is 3.40. The molecule has 0 bridgehead atoms. The second-order valence-corrected chi connectivity index (χ2v) is 5.57. The molecule has 2 aromatic carbocycles. The standard InChI is InChI=1S/C18H20F3N3O2.HI/c1-12-3-4-13(16(9-12)26-11-18(19,20)21)10-23-17(22)24-14-5-7-15(25-2)8-6-14;/h3-9H,10-11H2,1-2H3,(H3,22,23,24);1H. The molecule has 0 aliphatic carbocycles. The zero-order chi connectivity index (χ0) is 19.2. The summed E-state index contributed by atoms with van der Waals surface area (Å²) in [6.45, 7) is 0.502. The maximum atomic E-state index is 12.4. The average Bonchev–Trinajstić information content (AvgIpc) is 2.59. The van der Waals surface area contributed by atoms with Gasteiger partial charge in [0.1, 0.15) is 11.5 Å². The molecule has 0 aliphatic rings. The van der Waals surface area contributed by atoms with Crippen LogP contribution in [0.15, 0.2) is 47.5 Å². The SMILES string of the molecule is COc1ccc(NC(N)=NCc2ccc(C)cc2OCC(F)(F)F)cc1.I. The lowest BCUT2D eigenvalue weighted by Crippen LogP contribution is -2.22. The van der Waals surface area contributed by atoms with Crippen molar-refractivity contribution < 1.29 is 22.6 Å². The number of nitrogens with one attached hydrogen (secondary N) is 1. The minimum atomic E-state index is -4.40. The van der Waals surface area contributed by atoms with Crippen LogP contribution in [0, 0.1) is 6.92 Å². The van der Waals surface area contributed by atoms with Crippen molar-refractivity contribution in [3.63, 3.8) is 0 Å². The Morgan fingerprint density at radius 2 is 1.81 bits per heavy atom. The Hall–Kier alpha value is -2.17. The number of aliphatic imine (C=N–C) groups is 1. The molecule has 0 spiro atoms. The van der Waals surface area contributed by atoms with E-state index >= 15 is 0 Å². The largest absolute Gasteiger partial charge is 0.497 e. The first kappa shape index (κ1) is 22.9. The van der Waals surface area contributed by atoms with Crippen molar-refractivity contribution in [2.75, 3.05) is 19.0 Å². The zero-order valence-electron chi connectivity index (χ0n) is 14.8. The fourth-order valence-corrected chi connectivity index (χ4v) is 2.12.